The Kier molecular flexibility index (Phi) is 5.01. The van der Waals surface area contributed by atoms with Gasteiger partial charge < -0.3 is 10.5 Å². The molecule has 5 heteroatoms. The molecular weight excluding hydrogens is 297 g/mol. The van der Waals surface area contributed by atoms with Gasteiger partial charge in [-0.05, 0) is 36.4 Å². The second kappa shape index (κ2) is 6.75. The van der Waals surface area contributed by atoms with Crippen LogP contribution in [0.4, 0.5) is 0 Å². The summed E-state index contributed by atoms with van der Waals surface area (Å²) < 4.78 is 5.61. The van der Waals surface area contributed by atoms with Gasteiger partial charge in [0.2, 0.25) is 0 Å². The maximum atomic E-state index is 11.4. The molecule has 0 heterocycles. The molecule has 0 bridgehead atoms. The molecule has 0 saturated carbocycles. The van der Waals surface area contributed by atoms with E-state index in [0.717, 1.165) is 5.56 Å². The van der Waals surface area contributed by atoms with E-state index in [1.807, 2.05) is 6.07 Å². The third-order valence-electron chi connectivity index (χ3n) is 2.77. The Balaban J connectivity index is 2.02. The molecule has 2 rings (SSSR count). The van der Waals surface area contributed by atoms with E-state index < -0.39 is 0 Å². The number of nitrogens with two attached hydrogens (primary N) is 1. The number of hydrogen-bond acceptors (Lipinski definition) is 3. The van der Waals surface area contributed by atoms with Gasteiger partial charge >= 0.3 is 0 Å². The second-order valence-electron chi connectivity index (χ2n) is 4.18. The summed E-state index contributed by atoms with van der Waals surface area (Å²) in [7, 11) is 0. The number of Topliss-reactive ketones (excluding diaryl/α,β-unsaturated/α-hetero) is 1. The van der Waals surface area contributed by atoms with Crippen molar-refractivity contribution < 1.29 is 9.53 Å². The summed E-state index contributed by atoms with van der Waals surface area (Å²) in [6.45, 7) is 0.334. The van der Waals surface area contributed by atoms with Crippen LogP contribution in [0.15, 0.2) is 42.5 Å². The molecule has 2 aromatic rings. The van der Waals surface area contributed by atoms with E-state index in [1.54, 1.807) is 36.4 Å². The van der Waals surface area contributed by atoms with E-state index >= 15 is 0 Å². The van der Waals surface area contributed by atoms with Gasteiger partial charge in [-0.1, -0.05) is 29.3 Å². The molecule has 0 saturated heterocycles. The number of ether oxygens (including phenoxy) is 1. The molecular formula is C15H13Cl2NO2. The van der Waals surface area contributed by atoms with Gasteiger partial charge in [0.15, 0.2) is 5.78 Å². The Morgan fingerprint density at radius 1 is 1.10 bits per heavy atom. The molecule has 0 amide bonds. The zero-order chi connectivity index (χ0) is 14.5. The standard InChI is InChI=1S/C15H13Cl2NO2/c16-12-4-1-11(14(17)7-12)9-20-13-5-2-10(3-6-13)15(19)8-18/h1-7H,8-9,18H2. The van der Waals surface area contributed by atoms with Gasteiger partial charge in [-0.2, -0.15) is 0 Å². The highest BCUT2D eigenvalue weighted by molar-refractivity contribution is 6.35. The number of rotatable bonds is 5. The Hall–Kier alpha value is -1.55. The molecule has 0 aliphatic carbocycles. The average molecular weight is 310 g/mol. The third kappa shape index (κ3) is 3.73. The first kappa shape index (κ1) is 14.9. The average Bonchev–Trinajstić information content (AvgIpc) is 2.46. The van der Waals surface area contributed by atoms with Crippen molar-refractivity contribution in [3.05, 3.63) is 63.6 Å². The van der Waals surface area contributed by atoms with Crippen LogP contribution < -0.4 is 10.5 Å². The summed E-state index contributed by atoms with van der Waals surface area (Å²) in [4.78, 5) is 11.4. The minimum atomic E-state index is -0.0997. The summed E-state index contributed by atoms with van der Waals surface area (Å²) in [6, 6.07) is 12.1. The van der Waals surface area contributed by atoms with Gasteiger partial charge in [-0.15, -0.1) is 0 Å². The highest BCUT2D eigenvalue weighted by atomic mass is 35.5. The van der Waals surface area contributed by atoms with Crippen LogP contribution >= 0.6 is 23.2 Å². The number of ketones is 1. The minimum absolute atomic E-state index is 0.000582. The molecule has 0 aliphatic rings. The first-order chi connectivity index (χ1) is 9.60. The number of carbonyl (C=O) groups excluding carboxylic acids is 1. The highest BCUT2D eigenvalue weighted by Gasteiger charge is 2.05. The summed E-state index contributed by atoms with van der Waals surface area (Å²) in [5.41, 5.74) is 6.72. The zero-order valence-electron chi connectivity index (χ0n) is 10.6. The lowest BCUT2D eigenvalue weighted by Crippen LogP contribution is -2.13. The molecule has 0 spiro atoms. The van der Waals surface area contributed by atoms with Gasteiger partial charge in [0, 0.05) is 21.2 Å². The van der Waals surface area contributed by atoms with Gasteiger partial charge in [0.05, 0.1) is 6.54 Å². The lowest BCUT2D eigenvalue weighted by molar-refractivity contribution is 0.100. The Bertz CT molecular complexity index is 612. The fraction of sp³-hybridized carbons (Fsp3) is 0.133. The molecule has 0 aliphatic heterocycles. The molecule has 0 aromatic heterocycles. The van der Waals surface area contributed by atoms with Gasteiger partial charge in [0.1, 0.15) is 12.4 Å². The number of halogens is 2. The molecule has 3 nitrogen and oxygen atoms in total. The van der Waals surface area contributed by atoms with Crippen LogP contribution in [0.25, 0.3) is 0 Å². The smallest absolute Gasteiger partial charge is 0.176 e. The van der Waals surface area contributed by atoms with Crippen molar-refractivity contribution in [2.24, 2.45) is 5.73 Å². The topological polar surface area (TPSA) is 52.3 Å². The predicted octanol–water partition coefficient (Wildman–Crippen LogP) is 3.71. The van der Waals surface area contributed by atoms with Crippen molar-refractivity contribution in [2.75, 3.05) is 6.54 Å². The predicted molar refractivity (Wildman–Crippen MR) is 80.6 cm³/mol. The highest BCUT2D eigenvalue weighted by Crippen LogP contribution is 2.22. The second-order valence-corrected chi connectivity index (χ2v) is 5.02. The Labute approximate surface area is 127 Å². The fourth-order valence-electron chi connectivity index (χ4n) is 1.65. The maximum Gasteiger partial charge on any atom is 0.176 e. The monoisotopic (exact) mass is 309 g/mol. The molecule has 2 aromatic carbocycles. The lowest BCUT2D eigenvalue weighted by Gasteiger charge is -2.08. The summed E-state index contributed by atoms with van der Waals surface area (Å²) in [5, 5.41) is 1.15. The van der Waals surface area contributed by atoms with Crippen LogP contribution in [-0.4, -0.2) is 12.3 Å². The van der Waals surface area contributed by atoms with Crippen LogP contribution in [0.2, 0.25) is 10.0 Å². The minimum Gasteiger partial charge on any atom is -0.489 e. The number of benzene rings is 2. The van der Waals surface area contributed by atoms with Crippen molar-refractivity contribution >= 4 is 29.0 Å². The van der Waals surface area contributed by atoms with Crippen molar-refractivity contribution in [2.45, 2.75) is 6.61 Å². The Morgan fingerprint density at radius 2 is 1.80 bits per heavy atom. The molecule has 0 unspecified atom stereocenters. The van der Waals surface area contributed by atoms with E-state index in [0.29, 0.717) is 28.0 Å². The quantitative estimate of drug-likeness (QED) is 0.857. The van der Waals surface area contributed by atoms with Crippen LogP contribution in [-0.2, 0) is 6.61 Å². The van der Waals surface area contributed by atoms with E-state index in [1.165, 1.54) is 0 Å². The van der Waals surface area contributed by atoms with Crippen molar-refractivity contribution in [1.29, 1.82) is 0 Å². The van der Waals surface area contributed by atoms with Gasteiger partial charge in [-0.3, -0.25) is 4.79 Å². The number of hydrogen-bond donors (Lipinski definition) is 1. The normalized spacial score (nSPS) is 10.3. The van der Waals surface area contributed by atoms with Crippen LogP contribution in [0.5, 0.6) is 5.75 Å². The molecule has 20 heavy (non-hydrogen) atoms. The zero-order valence-corrected chi connectivity index (χ0v) is 12.1. The van der Waals surface area contributed by atoms with E-state index in [4.69, 9.17) is 33.7 Å². The van der Waals surface area contributed by atoms with Crippen LogP contribution in [0, 0.1) is 0 Å². The van der Waals surface area contributed by atoms with Crippen molar-refractivity contribution in [3.8, 4) is 5.75 Å². The maximum absolute atomic E-state index is 11.4. The fourth-order valence-corrected chi connectivity index (χ4v) is 2.12. The molecule has 0 fully saturated rings. The van der Waals surface area contributed by atoms with Crippen molar-refractivity contribution in [3.63, 3.8) is 0 Å². The molecule has 2 N–H and O–H groups in total. The van der Waals surface area contributed by atoms with E-state index in [-0.39, 0.29) is 12.3 Å². The van der Waals surface area contributed by atoms with Crippen LogP contribution in [0.3, 0.4) is 0 Å². The third-order valence-corrected chi connectivity index (χ3v) is 3.36. The summed E-state index contributed by atoms with van der Waals surface area (Å²) >= 11 is 11.9. The first-order valence-corrected chi connectivity index (χ1v) is 6.76. The lowest BCUT2D eigenvalue weighted by atomic mass is 10.1. The molecule has 0 atom stereocenters. The number of carbonyl (C=O) groups is 1. The van der Waals surface area contributed by atoms with Crippen LogP contribution in [0.1, 0.15) is 15.9 Å². The summed E-state index contributed by atoms with van der Waals surface area (Å²) in [6.07, 6.45) is 0. The van der Waals surface area contributed by atoms with Crippen molar-refractivity contribution in [1.82, 2.24) is 0 Å². The van der Waals surface area contributed by atoms with Gasteiger partial charge in [0.25, 0.3) is 0 Å². The molecule has 104 valence electrons. The Morgan fingerprint density at radius 3 is 2.40 bits per heavy atom. The SMILES string of the molecule is NCC(=O)c1ccc(OCc2ccc(Cl)cc2Cl)cc1. The first-order valence-electron chi connectivity index (χ1n) is 6.00. The van der Waals surface area contributed by atoms with Gasteiger partial charge in [-0.25, -0.2) is 0 Å². The van der Waals surface area contributed by atoms with E-state index in [2.05, 4.69) is 0 Å². The molecule has 0 radical (unpaired) electrons. The van der Waals surface area contributed by atoms with E-state index in [9.17, 15) is 4.79 Å². The summed E-state index contributed by atoms with van der Waals surface area (Å²) in [5.74, 6) is 0.557. The largest absolute Gasteiger partial charge is 0.489 e.